The maximum Gasteiger partial charge on any atom is 0.111 e. The van der Waals surface area contributed by atoms with Crippen LogP contribution in [0.2, 0.25) is 0 Å². The number of imidazole rings is 1. The molecule has 206 valence electrons. The van der Waals surface area contributed by atoms with Crippen LogP contribution in [-0.2, 0) is 0 Å². The molecule has 1 aromatic rings. The van der Waals surface area contributed by atoms with E-state index in [2.05, 4.69) is 38.5 Å². The van der Waals surface area contributed by atoms with Crippen molar-refractivity contribution in [3.05, 3.63) is 18.2 Å². The second-order valence-corrected chi connectivity index (χ2v) is 11.6. The van der Waals surface area contributed by atoms with E-state index in [1.165, 1.54) is 160 Å². The van der Waals surface area contributed by atoms with E-state index in [1.807, 2.05) is 6.20 Å². The minimum absolute atomic E-state index is 0.518. The Kier molecular flexibility index (Phi) is 21.7. The lowest BCUT2D eigenvalue weighted by atomic mass is 9.93. The number of rotatable bonds is 26. The molecule has 0 fully saturated rings. The molecule has 2 nitrogen and oxygen atoms in total. The number of aromatic nitrogens is 2. The van der Waals surface area contributed by atoms with Gasteiger partial charge in [0.25, 0.3) is 0 Å². The van der Waals surface area contributed by atoms with E-state index in [-0.39, 0.29) is 0 Å². The van der Waals surface area contributed by atoms with Gasteiger partial charge in [-0.15, -0.1) is 0 Å². The van der Waals surface area contributed by atoms with Crippen molar-refractivity contribution < 1.29 is 0 Å². The molecule has 1 rings (SSSR count). The van der Waals surface area contributed by atoms with Gasteiger partial charge in [-0.1, -0.05) is 155 Å². The van der Waals surface area contributed by atoms with Crippen LogP contribution in [0, 0.1) is 0 Å². The lowest BCUT2D eigenvalue weighted by Crippen LogP contribution is -2.11. The maximum absolute atomic E-state index is 4.83. The van der Waals surface area contributed by atoms with Crippen LogP contribution < -0.4 is 0 Å². The molecule has 1 unspecified atom stereocenters. The van der Waals surface area contributed by atoms with Crippen molar-refractivity contribution in [2.75, 3.05) is 0 Å². The minimum Gasteiger partial charge on any atom is -0.332 e. The lowest BCUT2D eigenvalue weighted by Gasteiger charge is -2.20. The van der Waals surface area contributed by atoms with Gasteiger partial charge in [-0.2, -0.15) is 0 Å². The summed E-state index contributed by atoms with van der Waals surface area (Å²) in [5.74, 6) is 2.02. The van der Waals surface area contributed by atoms with Crippen molar-refractivity contribution in [1.29, 1.82) is 0 Å². The Hall–Kier alpha value is -0.790. The molecule has 1 atom stereocenters. The second-order valence-electron chi connectivity index (χ2n) is 11.6. The Bertz CT molecular complexity index is 547. The summed E-state index contributed by atoms with van der Waals surface area (Å²) in [6.45, 7) is 9.20. The Morgan fingerprint density at radius 3 is 1.23 bits per heavy atom. The molecule has 0 aromatic carbocycles. The highest BCUT2D eigenvalue weighted by atomic mass is 15.1. The van der Waals surface area contributed by atoms with Gasteiger partial charge in [-0.3, -0.25) is 0 Å². The number of hydrogen-bond acceptors (Lipinski definition) is 1. The van der Waals surface area contributed by atoms with Crippen LogP contribution in [0.4, 0.5) is 0 Å². The summed E-state index contributed by atoms with van der Waals surface area (Å²) in [6.07, 6.45) is 38.3. The maximum atomic E-state index is 4.83. The first kappa shape index (κ1) is 32.2. The summed E-state index contributed by atoms with van der Waals surface area (Å²) in [7, 11) is 0. The van der Waals surface area contributed by atoms with E-state index in [0.717, 1.165) is 0 Å². The highest BCUT2D eigenvalue weighted by Gasteiger charge is 2.18. The third-order valence-electron chi connectivity index (χ3n) is 7.93. The van der Waals surface area contributed by atoms with E-state index in [0.29, 0.717) is 12.0 Å². The monoisotopic (exact) mass is 489 g/mol. The molecule has 0 saturated heterocycles. The van der Waals surface area contributed by atoms with Crippen LogP contribution in [-0.4, -0.2) is 9.55 Å². The predicted octanol–water partition coefficient (Wildman–Crippen LogP) is 11.9. The van der Waals surface area contributed by atoms with E-state index < -0.39 is 0 Å². The summed E-state index contributed by atoms with van der Waals surface area (Å²) in [6, 6.07) is 0.518. The summed E-state index contributed by atoms with van der Waals surface area (Å²) in [5, 5.41) is 0. The molecular formula is C33H64N2. The predicted molar refractivity (Wildman–Crippen MR) is 158 cm³/mol. The molecular weight excluding hydrogens is 424 g/mol. The van der Waals surface area contributed by atoms with E-state index in [9.17, 15) is 0 Å². The fourth-order valence-electron chi connectivity index (χ4n) is 5.59. The second kappa shape index (κ2) is 23.6. The normalized spacial score (nSPS) is 12.6. The van der Waals surface area contributed by atoms with Crippen molar-refractivity contribution >= 4 is 0 Å². The molecule has 0 aliphatic rings. The number of hydrogen-bond donors (Lipinski definition) is 0. The van der Waals surface area contributed by atoms with Crippen LogP contribution in [0.15, 0.2) is 12.4 Å². The van der Waals surface area contributed by atoms with Crippen molar-refractivity contribution in [1.82, 2.24) is 9.55 Å². The molecule has 0 N–H and O–H groups in total. The van der Waals surface area contributed by atoms with Crippen LogP contribution in [0.5, 0.6) is 0 Å². The molecule has 1 aromatic heterocycles. The quantitative estimate of drug-likeness (QED) is 0.118. The van der Waals surface area contributed by atoms with Crippen LogP contribution in [0.3, 0.4) is 0 Å². The zero-order chi connectivity index (χ0) is 25.4. The molecule has 35 heavy (non-hydrogen) atoms. The zero-order valence-corrected chi connectivity index (χ0v) is 24.7. The largest absolute Gasteiger partial charge is 0.332 e. The first-order chi connectivity index (χ1) is 17.2. The molecule has 0 aliphatic carbocycles. The zero-order valence-electron chi connectivity index (χ0n) is 24.7. The Labute approximate surface area is 221 Å². The van der Waals surface area contributed by atoms with Crippen LogP contribution >= 0.6 is 0 Å². The van der Waals surface area contributed by atoms with Gasteiger partial charge in [0.1, 0.15) is 5.82 Å². The Morgan fingerprint density at radius 2 is 0.886 bits per heavy atom. The van der Waals surface area contributed by atoms with Gasteiger partial charge in [0, 0.05) is 24.4 Å². The summed E-state index contributed by atoms with van der Waals surface area (Å²) < 4.78 is 2.43. The molecule has 2 heteroatoms. The van der Waals surface area contributed by atoms with Gasteiger partial charge in [0.15, 0.2) is 0 Å². The van der Waals surface area contributed by atoms with Crippen LogP contribution in [0.1, 0.15) is 200 Å². The Morgan fingerprint density at radius 1 is 0.543 bits per heavy atom. The van der Waals surface area contributed by atoms with Gasteiger partial charge >= 0.3 is 0 Å². The van der Waals surface area contributed by atoms with E-state index in [1.54, 1.807) is 0 Å². The van der Waals surface area contributed by atoms with Gasteiger partial charge in [0.05, 0.1) is 0 Å². The molecule has 0 amide bonds. The molecule has 1 heterocycles. The van der Waals surface area contributed by atoms with Crippen molar-refractivity contribution in [2.45, 2.75) is 194 Å². The Balaban J connectivity index is 2.17. The highest BCUT2D eigenvalue weighted by Crippen LogP contribution is 2.29. The fraction of sp³-hybridized carbons (Fsp3) is 0.909. The van der Waals surface area contributed by atoms with Gasteiger partial charge in [-0.25, -0.2) is 4.98 Å². The van der Waals surface area contributed by atoms with E-state index >= 15 is 0 Å². The van der Waals surface area contributed by atoms with Crippen molar-refractivity contribution in [3.63, 3.8) is 0 Å². The molecule has 0 bridgehead atoms. The number of nitrogens with zero attached hydrogens (tertiary/aromatic N) is 2. The fourth-order valence-corrected chi connectivity index (χ4v) is 5.59. The van der Waals surface area contributed by atoms with Gasteiger partial charge in [-0.05, 0) is 26.7 Å². The van der Waals surface area contributed by atoms with Crippen molar-refractivity contribution in [2.24, 2.45) is 0 Å². The summed E-state index contributed by atoms with van der Waals surface area (Å²) in [4.78, 5) is 4.83. The smallest absolute Gasteiger partial charge is 0.111 e. The molecule has 0 aliphatic heterocycles. The van der Waals surface area contributed by atoms with Crippen molar-refractivity contribution in [3.8, 4) is 0 Å². The average Bonchev–Trinajstić information content (AvgIpc) is 3.35. The van der Waals surface area contributed by atoms with E-state index in [4.69, 9.17) is 4.98 Å². The first-order valence-electron chi connectivity index (χ1n) is 16.2. The summed E-state index contributed by atoms with van der Waals surface area (Å²) >= 11 is 0. The lowest BCUT2D eigenvalue weighted by molar-refractivity contribution is 0.441. The standard InChI is InChI=1S/C33H64N2/c1-5-7-9-11-13-15-16-17-18-19-20-22-24-26-28-32(33-34-29-30-35(33)31(3)4)27-25-23-21-14-12-10-8-6-2/h29-32H,5-28H2,1-4H3. The number of unbranched alkanes of at least 4 members (excludes halogenated alkanes) is 20. The van der Waals surface area contributed by atoms with Gasteiger partial charge in [0.2, 0.25) is 0 Å². The third-order valence-corrected chi connectivity index (χ3v) is 7.93. The molecule has 0 saturated carbocycles. The average molecular weight is 489 g/mol. The topological polar surface area (TPSA) is 17.8 Å². The summed E-state index contributed by atoms with van der Waals surface area (Å²) in [5.41, 5.74) is 0. The molecule has 0 radical (unpaired) electrons. The SMILES string of the molecule is CCCCCCCCCCCCCCCCC(CCCCCCCCCC)c1nccn1C(C)C. The van der Waals surface area contributed by atoms with Gasteiger partial charge < -0.3 is 4.57 Å². The first-order valence-corrected chi connectivity index (χ1v) is 16.2. The highest BCUT2D eigenvalue weighted by molar-refractivity contribution is 5.02. The molecule has 0 spiro atoms. The minimum atomic E-state index is 0.518. The van der Waals surface area contributed by atoms with Crippen LogP contribution in [0.25, 0.3) is 0 Å². The third kappa shape index (κ3) is 17.3.